The first-order valence-corrected chi connectivity index (χ1v) is 11.3. The third-order valence-electron chi connectivity index (χ3n) is 2.98. The second-order valence-corrected chi connectivity index (χ2v) is 5.62. The van der Waals surface area contributed by atoms with E-state index >= 15 is 0 Å². The van der Waals surface area contributed by atoms with Crippen LogP contribution in [0, 0.1) is 0 Å². The van der Waals surface area contributed by atoms with Crippen LogP contribution >= 0.6 is 0 Å². The van der Waals surface area contributed by atoms with Crippen LogP contribution in [0.5, 0.6) is 0 Å². The van der Waals surface area contributed by atoms with Gasteiger partial charge in [0.25, 0.3) is 0 Å². The van der Waals surface area contributed by atoms with Crippen LogP contribution in [-0.4, -0.2) is 79.4 Å². The number of hydrogen-bond acceptors (Lipinski definition) is 7. The SMILES string of the molecule is CC.CC.CC(C)=O.CCOCCOC.CNC1=CCC(OCCOCCOC)C=C1. The van der Waals surface area contributed by atoms with Crippen LogP contribution in [0.15, 0.2) is 23.9 Å². The van der Waals surface area contributed by atoms with E-state index in [1.54, 1.807) is 14.2 Å². The van der Waals surface area contributed by atoms with Crippen molar-refractivity contribution in [3.63, 3.8) is 0 Å². The molecule has 1 atom stereocenters. The van der Waals surface area contributed by atoms with Crippen LogP contribution < -0.4 is 5.32 Å². The highest BCUT2D eigenvalue weighted by Crippen LogP contribution is 2.10. The Morgan fingerprint density at radius 2 is 1.42 bits per heavy atom. The summed E-state index contributed by atoms with van der Waals surface area (Å²) in [7, 11) is 5.25. The highest BCUT2D eigenvalue weighted by atomic mass is 16.5. The van der Waals surface area contributed by atoms with Crippen molar-refractivity contribution in [2.24, 2.45) is 0 Å². The maximum absolute atomic E-state index is 9.44. The molecule has 31 heavy (non-hydrogen) atoms. The number of allylic oxidation sites excluding steroid dienone is 1. The molecular formula is C24H51NO6. The first kappa shape index (κ1) is 37.1. The summed E-state index contributed by atoms with van der Waals surface area (Å²) >= 11 is 0. The Balaban J connectivity index is -0.000000202. The topological polar surface area (TPSA) is 75.3 Å². The van der Waals surface area contributed by atoms with E-state index in [-0.39, 0.29) is 11.9 Å². The minimum absolute atomic E-state index is 0.167. The minimum atomic E-state index is 0.167. The molecule has 1 aliphatic carbocycles. The van der Waals surface area contributed by atoms with Crippen molar-refractivity contribution in [3.05, 3.63) is 23.9 Å². The van der Waals surface area contributed by atoms with Gasteiger partial charge in [0.05, 0.1) is 45.7 Å². The number of Topliss-reactive ketones (excluding diaryl/α,β-unsaturated/α-hetero) is 1. The molecule has 0 saturated heterocycles. The van der Waals surface area contributed by atoms with Gasteiger partial charge in [0, 0.05) is 33.6 Å². The van der Waals surface area contributed by atoms with Gasteiger partial charge in [0.2, 0.25) is 0 Å². The first-order valence-electron chi connectivity index (χ1n) is 11.3. The second-order valence-electron chi connectivity index (χ2n) is 5.62. The summed E-state index contributed by atoms with van der Waals surface area (Å²) in [6.07, 6.45) is 7.35. The molecule has 0 spiro atoms. The molecule has 7 nitrogen and oxygen atoms in total. The third-order valence-corrected chi connectivity index (χ3v) is 2.98. The van der Waals surface area contributed by atoms with Crippen molar-refractivity contribution in [1.82, 2.24) is 5.32 Å². The molecule has 0 radical (unpaired) electrons. The molecule has 0 fully saturated rings. The second kappa shape index (κ2) is 36.1. The maximum Gasteiger partial charge on any atom is 0.126 e. The molecule has 1 aliphatic rings. The lowest BCUT2D eigenvalue weighted by atomic mass is 10.1. The number of methoxy groups -OCH3 is 2. The predicted octanol–water partition coefficient (Wildman–Crippen LogP) is 4.41. The van der Waals surface area contributed by atoms with Gasteiger partial charge in [-0.2, -0.15) is 0 Å². The summed E-state index contributed by atoms with van der Waals surface area (Å²) in [5.41, 5.74) is 1.15. The fourth-order valence-electron chi connectivity index (χ4n) is 1.70. The summed E-state index contributed by atoms with van der Waals surface area (Å²) in [6, 6.07) is 0. The number of carbonyl (C=O) groups is 1. The molecule has 7 heteroatoms. The van der Waals surface area contributed by atoms with Gasteiger partial charge in [-0.3, -0.25) is 0 Å². The van der Waals surface area contributed by atoms with Crippen molar-refractivity contribution in [1.29, 1.82) is 0 Å². The van der Waals surface area contributed by atoms with Crippen molar-refractivity contribution in [3.8, 4) is 0 Å². The average molecular weight is 450 g/mol. The van der Waals surface area contributed by atoms with E-state index in [0.717, 1.165) is 18.7 Å². The number of likely N-dealkylation sites (N-methyl/N-ethyl adjacent to an activating group) is 1. The Morgan fingerprint density at radius 3 is 1.81 bits per heavy atom. The lowest BCUT2D eigenvalue weighted by Crippen LogP contribution is -2.18. The van der Waals surface area contributed by atoms with Gasteiger partial charge in [-0.05, 0) is 33.3 Å². The maximum atomic E-state index is 9.44. The van der Waals surface area contributed by atoms with Gasteiger partial charge >= 0.3 is 0 Å². The van der Waals surface area contributed by atoms with E-state index in [9.17, 15) is 4.79 Å². The Labute approximate surface area is 192 Å². The third kappa shape index (κ3) is 39.7. The minimum Gasteiger partial charge on any atom is -0.388 e. The Hall–Kier alpha value is -1.25. The van der Waals surface area contributed by atoms with Crippen molar-refractivity contribution in [2.75, 3.05) is 67.5 Å². The average Bonchev–Trinajstić information content (AvgIpc) is 2.80. The lowest BCUT2D eigenvalue weighted by Gasteiger charge is -2.16. The van der Waals surface area contributed by atoms with Crippen LogP contribution in [-0.2, 0) is 28.5 Å². The van der Waals surface area contributed by atoms with Crippen LogP contribution in [0.4, 0.5) is 0 Å². The van der Waals surface area contributed by atoms with E-state index in [0.29, 0.717) is 39.6 Å². The van der Waals surface area contributed by atoms with Gasteiger partial charge in [0.15, 0.2) is 0 Å². The van der Waals surface area contributed by atoms with E-state index < -0.39 is 0 Å². The number of carbonyl (C=O) groups excluding carboxylic acids is 1. The van der Waals surface area contributed by atoms with E-state index in [1.807, 2.05) is 47.7 Å². The highest BCUT2D eigenvalue weighted by Gasteiger charge is 2.07. The van der Waals surface area contributed by atoms with Gasteiger partial charge in [-0.25, -0.2) is 0 Å². The molecule has 1 N–H and O–H groups in total. The van der Waals surface area contributed by atoms with Gasteiger partial charge < -0.3 is 33.8 Å². The molecule has 0 saturated carbocycles. The monoisotopic (exact) mass is 449 g/mol. The lowest BCUT2D eigenvalue weighted by molar-refractivity contribution is -0.114. The zero-order valence-corrected chi connectivity index (χ0v) is 21.9. The summed E-state index contributed by atoms with van der Waals surface area (Å²) in [5.74, 6) is 0.167. The van der Waals surface area contributed by atoms with Gasteiger partial charge in [0.1, 0.15) is 5.78 Å². The standard InChI is InChI=1S/C12H21NO3.C5H12O2.C3H6O.2C2H6/c1-13-11-3-5-12(6-4-11)16-10-9-15-8-7-14-2;1-3-7-5-4-6-2;1-3(2)4;2*1-2/h3-5,12-13H,6-10H2,1-2H3;3-5H2,1-2H3;1-2H3;2*1-2H3. The van der Waals surface area contributed by atoms with Crippen molar-refractivity contribution >= 4 is 5.78 Å². The summed E-state index contributed by atoms with van der Waals surface area (Å²) in [6.45, 7) is 17.7. The Kier molecular flexibility index (Phi) is 43.2. The predicted molar refractivity (Wildman–Crippen MR) is 131 cm³/mol. The fraction of sp³-hybridized carbons (Fsp3) is 0.792. The fourth-order valence-corrected chi connectivity index (χ4v) is 1.70. The van der Waals surface area contributed by atoms with Crippen LogP contribution in [0.2, 0.25) is 0 Å². The Bertz CT molecular complexity index is 378. The molecule has 0 aromatic carbocycles. The van der Waals surface area contributed by atoms with Crippen molar-refractivity contribution < 1.29 is 28.5 Å². The summed E-state index contributed by atoms with van der Waals surface area (Å²) < 4.78 is 25.5. The molecule has 1 unspecified atom stereocenters. The zero-order valence-electron chi connectivity index (χ0n) is 21.9. The molecule has 0 aromatic heterocycles. The largest absolute Gasteiger partial charge is 0.388 e. The molecule has 0 bridgehead atoms. The number of rotatable bonds is 12. The van der Waals surface area contributed by atoms with Gasteiger partial charge in [-0.1, -0.05) is 39.8 Å². The van der Waals surface area contributed by atoms with Gasteiger partial charge in [-0.15, -0.1) is 0 Å². The smallest absolute Gasteiger partial charge is 0.126 e. The van der Waals surface area contributed by atoms with Crippen LogP contribution in [0.1, 0.15) is 54.9 Å². The van der Waals surface area contributed by atoms with E-state index in [4.69, 9.17) is 23.7 Å². The summed E-state index contributed by atoms with van der Waals surface area (Å²) in [4.78, 5) is 9.44. The quantitative estimate of drug-likeness (QED) is 0.442. The molecule has 1 rings (SSSR count). The van der Waals surface area contributed by atoms with Crippen LogP contribution in [0.3, 0.4) is 0 Å². The molecule has 188 valence electrons. The highest BCUT2D eigenvalue weighted by molar-refractivity contribution is 5.72. The zero-order chi connectivity index (χ0) is 24.8. The van der Waals surface area contributed by atoms with E-state index in [2.05, 4.69) is 17.5 Å². The summed E-state index contributed by atoms with van der Waals surface area (Å²) in [5, 5.41) is 3.10. The number of ether oxygens (including phenoxy) is 5. The normalized spacial score (nSPS) is 13.5. The number of nitrogens with one attached hydrogen (secondary N) is 1. The number of hydrogen-bond donors (Lipinski definition) is 1. The van der Waals surface area contributed by atoms with E-state index in [1.165, 1.54) is 13.8 Å². The molecule has 0 aliphatic heterocycles. The first-order chi connectivity index (χ1) is 15.0. The molecular weight excluding hydrogens is 398 g/mol. The van der Waals surface area contributed by atoms with Crippen LogP contribution in [0.25, 0.3) is 0 Å². The van der Waals surface area contributed by atoms with Crippen molar-refractivity contribution in [2.45, 2.75) is 61.0 Å². The Morgan fingerprint density at radius 1 is 0.935 bits per heavy atom. The number of ketones is 1. The molecule has 0 amide bonds. The molecule has 0 aromatic rings. The molecule has 0 heterocycles.